The lowest BCUT2D eigenvalue weighted by Crippen LogP contribution is -2.48. The third-order valence-electron chi connectivity index (χ3n) is 5.02. The molecule has 1 aliphatic rings. The zero-order valence-corrected chi connectivity index (χ0v) is 19.0. The van der Waals surface area contributed by atoms with Gasteiger partial charge in [-0.2, -0.15) is 0 Å². The van der Waals surface area contributed by atoms with Gasteiger partial charge in [-0.05, 0) is 67.1 Å². The molecule has 1 amide bonds. The van der Waals surface area contributed by atoms with Gasteiger partial charge < -0.3 is 14.8 Å². The molecule has 3 aromatic rings. The first-order valence-corrected chi connectivity index (χ1v) is 11.6. The summed E-state index contributed by atoms with van der Waals surface area (Å²) in [5.41, 5.74) is 1.74. The average Bonchev–Trinajstić information content (AvgIpc) is 2.78. The van der Waals surface area contributed by atoms with Crippen molar-refractivity contribution in [2.75, 3.05) is 23.3 Å². The molecule has 4 rings (SSSR count). The van der Waals surface area contributed by atoms with E-state index in [1.54, 1.807) is 54.6 Å². The number of nitrogens with one attached hydrogen (secondary N) is 1. The molecule has 0 radical (unpaired) electrons. The molecule has 0 saturated carbocycles. The Morgan fingerprint density at radius 2 is 1.88 bits per heavy atom. The van der Waals surface area contributed by atoms with E-state index in [1.807, 2.05) is 6.92 Å². The first kappa shape index (κ1) is 22.0. The van der Waals surface area contributed by atoms with Gasteiger partial charge in [0.25, 0.3) is 15.9 Å². The van der Waals surface area contributed by atoms with Gasteiger partial charge in [-0.25, -0.2) is 8.42 Å². The fourth-order valence-electron chi connectivity index (χ4n) is 3.39. The first-order valence-electron chi connectivity index (χ1n) is 9.78. The van der Waals surface area contributed by atoms with Gasteiger partial charge in [-0.1, -0.05) is 23.7 Å². The number of halogens is 1. The SMILES string of the molecule is COc1ccc(S(=O)(=O)N2C[C@H](C(=O)Nc3cccc(Cl)c3)Oc3cc(C)ccc32)cc1. The smallest absolute Gasteiger partial charge is 0.267 e. The third kappa shape index (κ3) is 4.37. The standard InChI is InChI=1S/C23H21ClN2O5S/c1-15-6-11-20-21(12-15)31-22(23(27)25-17-5-3-4-16(24)13-17)14-26(20)32(28,29)19-9-7-18(30-2)8-10-19/h3-13,22H,14H2,1-2H3,(H,25,27)/t22-/m1/s1. The fourth-order valence-corrected chi connectivity index (χ4v) is 5.06. The highest BCUT2D eigenvalue weighted by Gasteiger charge is 2.37. The molecule has 166 valence electrons. The molecule has 3 aromatic carbocycles. The van der Waals surface area contributed by atoms with E-state index in [0.29, 0.717) is 27.9 Å². The van der Waals surface area contributed by atoms with Gasteiger partial charge in [0.1, 0.15) is 11.5 Å². The van der Waals surface area contributed by atoms with Crippen LogP contribution in [0.3, 0.4) is 0 Å². The number of aryl methyl sites for hydroxylation is 1. The largest absolute Gasteiger partial charge is 0.497 e. The molecule has 1 aliphatic heterocycles. The summed E-state index contributed by atoms with van der Waals surface area (Å²) in [6.07, 6.45) is -1.06. The van der Waals surface area contributed by atoms with Crippen LogP contribution in [0.4, 0.5) is 11.4 Å². The molecule has 1 N–H and O–H groups in total. The Hall–Kier alpha value is -3.23. The van der Waals surface area contributed by atoms with E-state index in [1.165, 1.54) is 23.5 Å². The normalized spacial score (nSPS) is 15.5. The number of ether oxygens (including phenoxy) is 2. The summed E-state index contributed by atoms with van der Waals surface area (Å²) in [6.45, 7) is 1.68. The predicted octanol–water partition coefficient (Wildman–Crippen LogP) is 4.25. The summed E-state index contributed by atoms with van der Waals surface area (Å²) >= 11 is 5.99. The second-order valence-corrected chi connectivity index (χ2v) is 9.59. The van der Waals surface area contributed by atoms with Gasteiger partial charge in [-0.15, -0.1) is 0 Å². The quantitative estimate of drug-likeness (QED) is 0.600. The number of methoxy groups -OCH3 is 1. The van der Waals surface area contributed by atoms with Gasteiger partial charge in [0.05, 0.1) is 24.2 Å². The first-order chi connectivity index (χ1) is 15.3. The molecule has 0 spiro atoms. The number of fused-ring (bicyclic) bond motifs is 1. The predicted molar refractivity (Wildman–Crippen MR) is 123 cm³/mol. The summed E-state index contributed by atoms with van der Waals surface area (Å²) in [7, 11) is -2.46. The maximum absolute atomic E-state index is 13.5. The van der Waals surface area contributed by atoms with Gasteiger partial charge in [0.15, 0.2) is 6.10 Å². The maximum Gasteiger partial charge on any atom is 0.267 e. The number of hydrogen-bond acceptors (Lipinski definition) is 5. The molecular formula is C23H21ClN2O5S. The number of rotatable bonds is 5. The van der Waals surface area contributed by atoms with E-state index in [-0.39, 0.29) is 11.4 Å². The van der Waals surface area contributed by atoms with Crippen LogP contribution in [-0.2, 0) is 14.8 Å². The third-order valence-corrected chi connectivity index (χ3v) is 7.05. The molecule has 9 heteroatoms. The van der Waals surface area contributed by atoms with E-state index >= 15 is 0 Å². The molecule has 0 saturated heterocycles. The molecular weight excluding hydrogens is 452 g/mol. The summed E-state index contributed by atoms with van der Waals surface area (Å²) in [5, 5.41) is 3.21. The highest BCUT2D eigenvalue weighted by molar-refractivity contribution is 7.92. The maximum atomic E-state index is 13.5. The van der Waals surface area contributed by atoms with Crippen LogP contribution in [0.25, 0.3) is 0 Å². The number of nitrogens with zero attached hydrogens (tertiary/aromatic N) is 1. The lowest BCUT2D eigenvalue weighted by atomic mass is 10.1. The van der Waals surface area contributed by atoms with Crippen molar-refractivity contribution < 1.29 is 22.7 Å². The Labute approximate surface area is 191 Å². The van der Waals surface area contributed by atoms with E-state index in [4.69, 9.17) is 21.1 Å². The zero-order valence-electron chi connectivity index (χ0n) is 17.4. The Morgan fingerprint density at radius 3 is 2.56 bits per heavy atom. The molecule has 0 fully saturated rings. The lowest BCUT2D eigenvalue weighted by molar-refractivity contribution is -0.122. The second-order valence-electron chi connectivity index (χ2n) is 7.29. The van der Waals surface area contributed by atoms with E-state index < -0.39 is 22.0 Å². The topological polar surface area (TPSA) is 84.9 Å². The average molecular weight is 473 g/mol. The molecule has 0 bridgehead atoms. The highest BCUT2D eigenvalue weighted by atomic mass is 35.5. The van der Waals surface area contributed by atoms with Crippen molar-refractivity contribution in [3.8, 4) is 11.5 Å². The lowest BCUT2D eigenvalue weighted by Gasteiger charge is -2.35. The van der Waals surface area contributed by atoms with Crippen molar-refractivity contribution in [2.24, 2.45) is 0 Å². The van der Waals surface area contributed by atoms with Crippen LogP contribution in [-0.4, -0.2) is 34.1 Å². The Balaban J connectivity index is 1.69. The minimum atomic E-state index is -3.96. The highest BCUT2D eigenvalue weighted by Crippen LogP contribution is 2.38. The van der Waals surface area contributed by atoms with Crippen molar-refractivity contribution in [1.82, 2.24) is 0 Å². The Morgan fingerprint density at radius 1 is 1.12 bits per heavy atom. The Bertz CT molecular complexity index is 1260. The summed E-state index contributed by atoms with van der Waals surface area (Å²) in [6, 6.07) is 18.0. The molecule has 7 nitrogen and oxygen atoms in total. The summed E-state index contributed by atoms with van der Waals surface area (Å²) < 4.78 is 39.2. The number of benzene rings is 3. The van der Waals surface area contributed by atoms with Crippen LogP contribution >= 0.6 is 11.6 Å². The van der Waals surface area contributed by atoms with Crippen LogP contribution < -0.4 is 19.1 Å². The monoisotopic (exact) mass is 472 g/mol. The number of carbonyl (C=O) groups is 1. The number of carbonyl (C=O) groups excluding carboxylic acids is 1. The molecule has 0 unspecified atom stereocenters. The minimum absolute atomic E-state index is 0.0840. The molecule has 1 heterocycles. The van der Waals surface area contributed by atoms with Gasteiger partial charge in [0, 0.05) is 10.7 Å². The molecule has 1 atom stereocenters. The number of sulfonamides is 1. The van der Waals surface area contributed by atoms with Crippen LogP contribution in [0.15, 0.2) is 71.6 Å². The number of amides is 1. The van der Waals surface area contributed by atoms with E-state index in [0.717, 1.165) is 5.56 Å². The van der Waals surface area contributed by atoms with Crippen molar-refractivity contribution in [3.05, 3.63) is 77.3 Å². The van der Waals surface area contributed by atoms with Gasteiger partial charge in [-0.3, -0.25) is 9.10 Å². The van der Waals surface area contributed by atoms with Crippen molar-refractivity contribution in [1.29, 1.82) is 0 Å². The molecule has 32 heavy (non-hydrogen) atoms. The van der Waals surface area contributed by atoms with Crippen molar-refractivity contribution in [3.63, 3.8) is 0 Å². The zero-order chi connectivity index (χ0) is 22.9. The van der Waals surface area contributed by atoms with Gasteiger partial charge in [0.2, 0.25) is 0 Å². The minimum Gasteiger partial charge on any atom is -0.497 e. The van der Waals surface area contributed by atoms with Crippen molar-refractivity contribution >= 4 is 38.9 Å². The van der Waals surface area contributed by atoms with E-state index in [9.17, 15) is 13.2 Å². The van der Waals surface area contributed by atoms with Crippen LogP contribution in [0.5, 0.6) is 11.5 Å². The summed E-state index contributed by atoms with van der Waals surface area (Å²) in [4.78, 5) is 13.0. The van der Waals surface area contributed by atoms with Crippen LogP contribution in [0.2, 0.25) is 5.02 Å². The summed E-state index contributed by atoms with van der Waals surface area (Å²) in [5.74, 6) is 0.384. The van der Waals surface area contributed by atoms with Gasteiger partial charge >= 0.3 is 0 Å². The van der Waals surface area contributed by atoms with Crippen molar-refractivity contribution in [2.45, 2.75) is 17.9 Å². The fraction of sp³-hybridized carbons (Fsp3) is 0.174. The number of hydrogen-bond donors (Lipinski definition) is 1. The Kier molecular flexibility index (Phi) is 5.99. The van der Waals surface area contributed by atoms with E-state index in [2.05, 4.69) is 5.32 Å². The number of anilines is 2. The van der Waals surface area contributed by atoms with Crippen LogP contribution in [0, 0.1) is 6.92 Å². The molecule has 0 aromatic heterocycles. The van der Waals surface area contributed by atoms with Crippen LogP contribution in [0.1, 0.15) is 5.56 Å². The second kappa shape index (κ2) is 8.72. The molecule has 0 aliphatic carbocycles.